The molecule has 1 fully saturated rings. The average molecular weight is 326 g/mol. The predicted molar refractivity (Wildman–Crippen MR) is 84.2 cm³/mol. The van der Waals surface area contributed by atoms with Gasteiger partial charge >= 0.3 is 0 Å². The Kier molecular flexibility index (Phi) is 6.18. The third-order valence-corrected chi connectivity index (χ3v) is 3.49. The minimum atomic E-state index is 0. The van der Waals surface area contributed by atoms with Crippen molar-refractivity contribution in [2.45, 2.75) is 25.5 Å². The van der Waals surface area contributed by atoms with E-state index in [-0.39, 0.29) is 12.4 Å². The van der Waals surface area contributed by atoms with Crippen LogP contribution in [0.4, 0.5) is 0 Å². The van der Waals surface area contributed by atoms with Crippen LogP contribution in [-0.4, -0.2) is 36.5 Å². The monoisotopic (exact) mass is 325 g/mol. The molecule has 0 radical (unpaired) electrons. The molecular weight excluding hydrogens is 306 g/mol. The largest absolute Gasteiger partial charge is 0.497 e. The van der Waals surface area contributed by atoms with Gasteiger partial charge in [-0.05, 0) is 37.1 Å². The minimum absolute atomic E-state index is 0. The SMILES string of the molecule is COc1ccc(-c2noc(CNCC3CCCO3)n2)cc1.Cl. The Bertz CT molecular complexity index is 568. The maximum atomic E-state index is 5.55. The summed E-state index contributed by atoms with van der Waals surface area (Å²) in [5.41, 5.74) is 0.907. The van der Waals surface area contributed by atoms with Crippen molar-refractivity contribution in [2.24, 2.45) is 0 Å². The van der Waals surface area contributed by atoms with Gasteiger partial charge in [-0.15, -0.1) is 12.4 Å². The number of benzene rings is 1. The molecule has 1 aliphatic rings. The second kappa shape index (κ2) is 8.12. The predicted octanol–water partition coefficient (Wildman–Crippen LogP) is 2.44. The van der Waals surface area contributed by atoms with Crippen molar-refractivity contribution in [1.82, 2.24) is 15.5 Å². The van der Waals surface area contributed by atoms with Crippen LogP contribution >= 0.6 is 12.4 Å². The van der Waals surface area contributed by atoms with E-state index in [1.54, 1.807) is 7.11 Å². The molecule has 7 heteroatoms. The van der Waals surface area contributed by atoms with Crippen LogP contribution in [0.5, 0.6) is 5.75 Å². The third kappa shape index (κ3) is 4.19. The van der Waals surface area contributed by atoms with Crippen LogP contribution in [-0.2, 0) is 11.3 Å². The highest BCUT2D eigenvalue weighted by molar-refractivity contribution is 5.85. The van der Waals surface area contributed by atoms with E-state index in [9.17, 15) is 0 Å². The fraction of sp³-hybridized carbons (Fsp3) is 0.467. The lowest BCUT2D eigenvalue weighted by atomic mass is 10.2. The Hall–Kier alpha value is -1.63. The number of nitrogens with zero attached hydrogens (tertiary/aromatic N) is 2. The van der Waals surface area contributed by atoms with Gasteiger partial charge in [-0.1, -0.05) is 5.16 Å². The number of rotatable bonds is 6. The number of ether oxygens (including phenoxy) is 2. The molecule has 1 N–H and O–H groups in total. The van der Waals surface area contributed by atoms with Crippen molar-refractivity contribution in [3.8, 4) is 17.1 Å². The normalized spacial score (nSPS) is 17.2. The molecule has 22 heavy (non-hydrogen) atoms. The molecule has 1 aromatic carbocycles. The molecule has 2 heterocycles. The van der Waals surface area contributed by atoms with Crippen LogP contribution in [0.1, 0.15) is 18.7 Å². The molecule has 0 aliphatic carbocycles. The minimum Gasteiger partial charge on any atom is -0.497 e. The molecule has 2 aromatic rings. The van der Waals surface area contributed by atoms with E-state index in [2.05, 4.69) is 15.5 Å². The Balaban J connectivity index is 0.00000176. The van der Waals surface area contributed by atoms with E-state index in [1.165, 1.54) is 0 Å². The summed E-state index contributed by atoms with van der Waals surface area (Å²) in [6, 6.07) is 7.57. The quantitative estimate of drug-likeness (QED) is 0.879. The molecule has 0 saturated carbocycles. The van der Waals surface area contributed by atoms with Crippen molar-refractivity contribution < 1.29 is 14.0 Å². The van der Waals surface area contributed by atoms with Crippen molar-refractivity contribution >= 4 is 12.4 Å². The first kappa shape index (κ1) is 16.7. The Morgan fingerprint density at radius 3 is 2.82 bits per heavy atom. The summed E-state index contributed by atoms with van der Waals surface area (Å²) in [5.74, 6) is 1.98. The van der Waals surface area contributed by atoms with Crippen LogP contribution in [0.25, 0.3) is 11.4 Å². The van der Waals surface area contributed by atoms with Crippen LogP contribution in [0.15, 0.2) is 28.8 Å². The van der Waals surface area contributed by atoms with E-state index in [0.29, 0.717) is 24.4 Å². The summed E-state index contributed by atoms with van der Waals surface area (Å²) in [7, 11) is 1.64. The number of hydrogen-bond acceptors (Lipinski definition) is 6. The zero-order valence-electron chi connectivity index (χ0n) is 12.4. The Morgan fingerprint density at radius 1 is 1.32 bits per heavy atom. The van der Waals surface area contributed by atoms with Crippen molar-refractivity contribution in [3.63, 3.8) is 0 Å². The lowest BCUT2D eigenvalue weighted by molar-refractivity contribution is 0.109. The number of methoxy groups -OCH3 is 1. The number of hydrogen-bond donors (Lipinski definition) is 1. The van der Waals surface area contributed by atoms with Gasteiger partial charge in [0.05, 0.1) is 19.8 Å². The second-order valence-corrected chi connectivity index (χ2v) is 5.01. The molecule has 0 amide bonds. The first-order valence-corrected chi connectivity index (χ1v) is 7.14. The van der Waals surface area contributed by atoms with Crippen LogP contribution in [0, 0.1) is 0 Å². The van der Waals surface area contributed by atoms with Crippen LogP contribution < -0.4 is 10.1 Å². The van der Waals surface area contributed by atoms with Gasteiger partial charge in [0.15, 0.2) is 0 Å². The van der Waals surface area contributed by atoms with Gasteiger partial charge in [0.2, 0.25) is 11.7 Å². The highest BCUT2D eigenvalue weighted by atomic mass is 35.5. The van der Waals surface area contributed by atoms with E-state index in [1.807, 2.05) is 24.3 Å². The maximum Gasteiger partial charge on any atom is 0.240 e. The van der Waals surface area contributed by atoms with Gasteiger partial charge in [-0.3, -0.25) is 0 Å². The van der Waals surface area contributed by atoms with Gasteiger partial charge in [0.25, 0.3) is 0 Å². The summed E-state index contributed by atoms with van der Waals surface area (Å²) < 4.78 is 15.9. The molecule has 3 rings (SSSR count). The molecule has 0 bridgehead atoms. The number of aromatic nitrogens is 2. The summed E-state index contributed by atoms with van der Waals surface area (Å²) in [5, 5.41) is 7.28. The lowest BCUT2D eigenvalue weighted by Gasteiger charge is -2.08. The summed E-state index contributed by atoms with van der Waals surface area (Å²) in [4.78, 5) is 4.38. The standard InChI is InChI=1S/C15H19N3O3.ClH/c1-19-12-6-4-11(5-7-12)15-17-14(21-18-15)10-16-9-13-3-2-8-20-13;/h4-7,13,16H,2-3,8-10H2,1H3;1H. The molecule has 1 unspecified atom stereocenters. The Morgan fingerprint density at radius 2 is 2.14 bits per heavy atom. The Labute approximate surface area is 135 Å². The van der Waals surface area contributed by atoms with Gasteiger partial charge in [0, 0.05) is 18.7 Å². The van der Waals surface area contributed by atoms with Crippen molar-refractivity contribution in [2.75, 3.05) is 20.3 Å². The fourth-order valence-corrected chi connectivity index (χ4v) is 2.33. The topological polar surface area (TPSA) is 69.4 Å². The van der Waals surface area contributed by atoms with Gasteiger partial charge in [0.1, 0.15) is 5.75 Å². The first-order valence-electron chi connectivity index (χ1n) is 7.14. The van der Waals surface area contributed by atoms with Crippen molar-refractivity contribution in [3.05, 3.63) is 30.2 Å². The highest BCUT2D eigenvalue weighted by Gasteiger charge is 2.15. The zero-order valence-corrected chi connectivity index (χ0v) is 13.3. The van der Waals surface area contributed by atoms with Crippen molar-refractivity contribution in [1.29, 1.82) is 0 Å². The summed E-state index contributed by atoms with van der Waals surface area (Å²) in [6.07, 6.45) is 2.58. The van der Waals surface area contributed by atoms with Gasteiger partial charge in [-0.2, -0.15) is 4.98 Å². The van der Waals surface area contributed by atoms with Gasteiger partial charge < -0.3 is 19.3 Å². The van der Waals surface area contributed by atoms with Gasteiger partial charge in [-0.25, -0.2) is 0 Å². The molecule has 0 spiro atoms. The van der Waals surface area contributed by atoms with E-state index >= 15 is 0 Å². The highest BCUT2D eigenvalue weighted by Crippen LogP contribution is 2.19. The average Bonchev–Trinajstić information content (AvgIpc) is 3.19. The second-order valence-electron chi connectivity index (χ2n) is 5.01. The van der Waals surface area contributed by atoms with E-state index in [4.69, 9.17) is 14.0 Å². The molecule has 1 atom stereocenters. The lowest BCUT2D eigenvalue weighted by Crippen LogP contribution is -2.25. The molecule has 1 saturated heterocycles. The number of halogens is 1. The summed E-state index contributed by atoms with van der Waals surface area (Å²) >= 11 is 0. The van der Waals surface area contributed by atoms with E-state index in [0.717, 1.165) is 37.3 Å². The van der Waals surface area contributed by atoms with E-state index < -0.39 is 0 Å². The zero-order chi connectivity index (χ0) is 14.5. The first-order chi connectivity index (χ1) is 10.3. The molecule has 6 nitrogen and oxygen atoms in total. The third-order valence-electron chi connectivity index (χ3n) is 3.49. The molecule has 1 aliphatic heterocycles. The van der Waals surface area contributed by atoms with Crippen LogP contribution in [0.3, 0.4) is 0 Å². The number of nitrogens with one attached hydrogen (secondary N) is 1. The fourth-order valence-electron chi connectivity index (χ4n) is 2.33. The maximum absolute atomic E-state index is 5.55. The van der Waals surface area contributed by atoms with Crippen LogP contribution in [0.2, 0.25) is 0 Å². The molecule has 120 valence electrons. The smallest absolute Gasteiger partial charge is 0.240 e. The molecular formula is C15H20ClN3O3. The molecule has 1 aromatic heterocycles. The summed E-state index contributed by atoms with van der Waals surface area (Å²) in [6.45, 7) is 2.25.